The molecule has 0 aromatic rings. The monoisotopic (exact) mass is 503 g/mol. The van der Waals surface area contributed by atoms with Crippen LogP contribution in [-0.2, 0) is 28.7 Å². The molecule has 4 aliphatic carbocycles. The number of nitrogens with one attached hydrogen (secondary N) is 1. The van der Waals surface area contributed by atoms with Crippen molar-refractivity contribution in [2.45, 2.75) is 84.3 Å². The predicted molar refractivity (Wildman–Crippen MR) is 127 cm³/mol. The molecule has 4 saturated carbocycles. The third kappa shape index (κ3) is 3.81. The van der Waals surface area contributed by atoms with Crippen molar-refractivity contribution in [2.24, 2.45) is 34.0 Å². The Hall–Kier alpha value is -2.55. The number of carboxylic acid groups (broad SMARTS) is 1. The molecule has 1 spiro atoms. The molecule has 4 fully saturated rings. The zero-order chi connectivity index (χ0) is 26.6. The molecule has 5 unspecified atom stereocenters. The molecule has 2 bridgehead atoms. The number of aliphatic carboxylic acids is 1. The van der Waals surface area contributed by atoms with Gasteiger partial charge in [-0.2, -0.15) is 0 Å². The molecule has 1 amide bonds. The van der Waals surface area contributed by atoms with E-state index in [0.717, 1.165) is 0 Å². The second-order valence-electron chi connectivity index (χ2n) is 11.9. The van der Waals surface area contributed by atoms with Gasteiger partial charge in [-0.1, -0.05) is 27.4 Å². The fourth-order valence-electron chi connectivity index (χ4n) is 8.13. The number of aliphatic hydroxyl groups excluding tert-OH is 1. The van der Waals surface area contributed by atoms with Gasteiger partial charge in [0.05, 0.1) is 11.5 Å². The first-order chi connectivity index (χ1) is 16.8. The highest BCUT2D eigenvalue weighted by Gasteiger charge is 2.75. The molecule has 0 saturated heterocycles. The van der Waals surface area contributed by atoms with E-state index in [1.165, 1.54) is 0 Å². The number of fused-ring (bicyclic) bond motifs is 3. The predicted octanol–water partition coefficient (Wildman–Crippen LogP) is 2.20. The van der Waals surface area contributed by atoms with E-state index in [9.17, 15) is 29.1 Å². The Balaban J connectivity index is 1.59. The third-order valence-electron chi connectivity index (χ3n) is 9.90. The Morgan fingerprint density at radius 1 is 1.11 bits per heavy atom. The Kier molecular flexibility index (Phi) is 6.69. The largest absolute Gasteiger partial charge is 0.480 e. The van der Waals surface area contributed by atoms with Crippen molar-refractivity contribution in [3.63, 3.8) is 0 Å². The Bertz CT molecular complexity index is 1020. The van der Waals surface area contributed by atoms with Crippen molar-refractivity contribution >= 4 is 29.4 Å². The SMILES string of the molecule is C=C1C(=O)C23C(OC(=O)CCCC(=O)NCC(=O)O)C[C@@H]4C(C)(C)C(=O)CC[C@@]4(C)C2CCC1C3O. The summed E-state index contributed by atoms with van der Waals surface area (Å²) in [6.07, 6.45) is 0.857. The highest BCUT2D eigenvalue weighted by Crippen LogP contribution is 2.71. The summed E-state index contributed by atoms with van der Waals surface area (Å²) in [5.41, 5.74) is -1.89. The van der Waals surface area contributed by atoms with Crippen LogP contribution in [0.4, 0.5) is 0 Å². The Morgan fingerprint density at radius 3 is 2.47 bits per heavy atom. The summed E-state index contributed by atoms with van der Waals surface area (Å²) in [5, 5.41) is 22.4. The van der Waals surface area contributed by atoms with E-state index in [4.69, 9.17) is 9.84 Å². The molecule has 0 aromatic carbocycles. The third-order valence-corrected chi connectivity index (χ3v) is 9.90. The summed E-state index contributed by atoms with van der Waals surface area (Å²) in [6.45, 7) is 9.51. The topological polar surface area (TPSA) is 147 Å². The number of aliphatic hydroxyl groups is 1. The van der Waals surface area contributed by atoms with Crippen molar-refractivity contribution < 1.29 is 38.9 Å². The van der Waals surface area contributed by atoms with Crippen LogP contribution in [0.1, 0.15) is 72.1 Å². The van der Waals surface area contributed by atoms with E-state index in [-0.39, 0.29) is 54.0 Å². The van der Waals surface area contributed by atoms with E-state index in [1.807, 2.05) is 13.8 Å². The summed E-state index contributed by atoms with van der Waals surface area (Å²) in [7, 11) is 0. The summed E-state index contributed by atoms with van der Waals surface area (Å²) in [5.74, 6) is -2.99. The smallest absolute Gasteiger partial charge is 0.322 e. The molecule has 3 N–H and O–H groups in total. The highest BCUT2D eigenvalue weighted by molar-refractivity contribution is 6.04. The van der Waals surface area contributed by atoms with Gasteiger partial charge in [0.15, 0.2) is 5.78 Å². The van der Waals surface area contributed by atoms with Crippen molar-refractivity contribution in [1.29, 1.82) is 0 Å². The van der Waals surface area contributed by atoms with Crippen molar-refractivity contribution in [1.82, 2.24) is 5.32 Å². The minimum absolute atomic E-state index is 0.0382. The average molecular weight is 504 g/mol. The number of ether oxygens (including phenoxy) is 1. The molecule has 0 radical (unpaired) electrons. The van der Waals surface area contributed by atoms with Gasteiger partial charge in [0.2, 0.25) is 5.91 Å². The summed E-state index contributed by atoms with van der Waals surface area (Å²) >= 11 is 0. The fraction of sp³-hybridized carbons (Fsp3) is 0.741. The standard InChI is InChI=1S/C27H37NO8/c1-14-15-8-9-16-26(4)11-10-18(29)25(2,3)17(26)12-19(27(16,23(14)34)24(15)35)36-22(33)7-5-6-20(30)28-13-21(31)32/h15-17,19,24,35H,1,5-13H2,2-4H3,(H,28,30)(H,31,32)/t15?,16?,17-,19?,24?,26+,27?/m1/s1. The quantitative estimate of drug-likeness (QED) is 0.354. The van der Waals surface area contributed by atoms with Crippen LogP contribution in [0.25, 0.3) is 0 Å². The number of esters is 1. The number of carbonyl (C=O) groups is 5. The van der Waals surface area contributed by atoms with E-state index < -0.39 is 47.4 Å². The van der Waals surface area contributed by atoms with Crippen molar-refractivity contribution in [3.05, 3.63) is 12.2 Å². The number of amides is 1. The van der Waals surface area contributed by atoms with Gasteiger partial charge in [-0.25, -0.2) is 0 Å². The molecule has 9 nitrogen and oxygen atoms in total. The first kappa shape index (κ1) is 26.5. The number of carboxylic acids is 1. The molecule has 36 heavy (non-hydrogen) atoms. The molecule has 7 atom stereocenters. The zero-order valence-electron chi connectivity index (χ0n) is 21.3. The lowest BCUT2D eigenvalue weighted by Gasteiger charge is -2.64. The number of ketones is 2. The fourth-order valence-corrected chi connectivity index (χ4v) is 8.13. The molecular weight excluding hydrogens is 466 g/mol. The Labute approximate surface area is 211 Å². The summed E-state index contributed by atoms with van der Waals surface area (Å²) in [4.78, 5) is 62.0. The van der Waals surface area contributed by atoms with Crippen LogP contribution in [0, 0.1) is 34.0 Å². The molecule has 0 heterocycles. The van der Waals surface area contributed by atoms with Crippen LogP contribution >= 0.6 is 0 Å². The van der Waals surface area contributed by atoms with Crippen LogP contribution in [-0.4, -0.2) is 58.4 Å². The van der Waals surface area contributed by atoms with Crippen LogP contribution in [0.5, 0.6) is 0 Å². The van der Waals surface area contributed by atoms with Gasteiger partial charge >= 0.3 is 11.9 Å². The molecule has 4 rings (SSSR count). The lowest BCUT2D eigenvalue weighted by atomic mass is 9.39. The summed E-state index contributed by atoms with van der Waals surface area (Å²) in [6, 6.07) is 0. The second kappa shape index (κ2) is 9.08. The number of rotatable bonds is 7. The summed E-state index contributed by atoms with van der Waals surface area (Å²) < 4.78 is 5.98. The molecular formula is C27H37NO8. The van der Waals surface area contributed by atoms with Crippen molar-refractivity contribution in [2.75, 3.05) is 6.54 Å². The Morgan fingerprint density at radius 2 is 1.81 bits per heavy atom. The van der Waals surface area contributed by atoms with Gasteiger partial charge < -0.3 is 20.3 Å². The molecule has 0 aliphatic heterocycles. The highest BCUT2D eigenvalue weighted by atomic mass is 16.5. The zero-order valence-corrected chi connectivity index (χ0v) is 21.3. The number of carbonyl (C=O) groups excluding carboxylic acids is 4. The minimum Gasteiger partial charge on any atom is -0.480 e. The van der Waals surface area contributed by atoms with E-state index in [2.05, 4.69) is 18.8 Å². The normalized spacial score (nSPS) is 38.7. The maximum Gasteiger partial charge on any atom is 0.322 e. The van der Waals surface area contributed by atoms with Gasteiger partial charge in [0.25, 0.3) is 0 Å². The van der Waals surface area contributed by atoms with Crippen LogP contribution in [0.2, 0.25) is 0 Å². The maximum atomic E-state index is 13.8. The first-order valence-corrected chi connectivity index (χ1v) is 12.9. The lowest BCUT2D eigenvalue weighted by Crippen LogP contribution is -2.68. The maximum absolute atomic E-state index is 13.8. The van der Waals surface area contributed by atoms with Gasteiger partial charge in [-0.15, -0.1) is 0 Å². The van der Waals surface area contributed by atoms with Gasteiger partial charge in [-0.05, 0) is 54.9 Å². The minimum atomic E-state index is -1.27. The number of Topliss-reactive ketones (excluding diaryl/α,β-unsaturated/α-hetero) is 2. The number of hydrogen-bond acceptors (Lipinski definition) is 7. The molecule has 9 heteroatoms. The van der Waals surface area contributed by atoms with E-state index in [1.54, 1.807) is 0 Å². The van der Waals surface area contributed by atoms with Crippen molar-refractivity contribution in [3.8, 4) is 0 Å². The van der Waals surface area contributed by atoms with Crippen LogP contribution in [0.3, 0.4) is 0 Å². The molecule has 0 aromatic heterocycles. The van der Waals surface area contributed by atoms with Gasteiger partial charge in [-0.3, -0.25) is 24.0 Å². The van der Waals surface area contributed by atoms with Crippen LogP contribution in [0.15, 0.2) is 12.2 Å². The lowest BCUT2D eigenvalue weighted by molar-refractivity contribution is -0.231. The molecule has 198 valence electrons. The average Bonchev–Trinajstić information content (AvgIpc) is 2.90. The first-order valence-electron chi connectivity index (χ1n) is 12.9. The second-order valence-corrected chi connectivity index (χ2v) is 11.9. The number of hydrogen-bond donors (Lipinski definition) is 3. The van der Waals surface area contributed by atoms with E-state index in [0.29, 0.717) is 37.7 Å². The van der Waals surface area contributed by atoms with Crippen LogP contribution < -0.4 is 5.32 Å². The molecule has 4 aliphatic rings. The van der Waals surface area contributed by atoms with E-state index >= 15 is 0 Å². The van der Waals surface area contributed by atoms with Gasteiger partial charge in [0, 0.05) is 30.6 Å². The van der Waals surface area contributed by atoms with Gasteiger partial charge in [0.1, 0.15) is 18.4 Å².